The normalized spacial score (nSPS) is 14.9. The Morgan fingerprint density at radius 1 is 1.36 bits per heavy atom. The number of hydrogen-bond acceptors (Lipinski definition) is 5. The van der Waals surface area contributed by atoms with Gasteiger partial charge in [0.05, 0.1) is 0 Å². The lowest BCUT2D eigenvalue weighted by Crippen LogP contribution is -2.73. The zero-order valence-electron chi connectivity index (χ0n) is 9.11. The van der Waals surface area contributed by atoms with E-state index < -0.39 is 5.79 Å². The molecule has 1 unspecified atom stereocenters. The minimum atomic E-state index is -0.973. The topological polar surface area (TPSA) is 91.2 Å². The lowest BCUT2D eigenvalue weighted by Gasteiger charge is -2.33. The van der Waals surface area contributed by atoms with Crippen molar-refractivity contribution < 1.29 is 4.79 Å². The molecule has 0 aromatic heterocycles. The van der Waals surface area contributed by atoms with E-state index in [4.69, 9.17) is 5.84 Å². The molecule has 0 rings (SSSR count). The van der Waals surface area contributed by atoms with Crippen LogP contribution in [-0.2, 0) is 4.79 Å². The monoisotopic (exact) mass is 203 g/mol. The summed E-state index contributed by atoms with van der Waals surface area (Å²) in [6.45, 7) is 5.33. The van der Waals surface area contributed by atoms with Crippen molar-refractivity contribution in [1.29, 1.82) is 0 Å². The average Bonchev–Trinajstić information content (AvgIpc) is 2.23. The number of hydrogen-bond donors (Lipinski definition) is 5. The van der Waals surface area contributed by atoms with Crippen molar-refractivity contribution >= 4 is 5.91 Å². The van der Waals surface area contributed by atoms with E-state index >= 15 is 0 Å². The number of carbonyl (C=O) groups is 1. The predicted octanol–water partition coefficient (Wildman–Crippen LogP) is -1.54. The molecule has 6 nitrogen and oxygen atoms in total. The molecule has 0 saturated heterocycles. The Labute approximate surface area is 85.0 Å². The van der Waals surface area contributed by atoms with E-state index in [0.717, 1.165) is 13.0 Å². The van der Waals surface area contributed by atoms with Crippen LogP contribution in [0, 0.1) is 0 Å². The van der Waals surface area contributed by atoms with Crippen LogP contribution in [0.2, 0.25) is 0 Å². The van der Waals surface area contributed by atoms with Crippen molar-refractivity contribution in [2.75, 3.05) is 20.1 Å². The molecule has 1 amide bonds. The largest absolute Gasteiger partial charge is 0.290 e. The number of nitrogens with one attached hydrogen (secondary N) is 4. The van der Waals surface area contributed by atoms with Gasteiger partial charge in [0, 0.05) is 0 Å². The van der Waals surface area contributed by atoms with Crippen LogP contribution in [0.1, 0.15) is 20.3 Å². The highest BCUT2D eigenvalue weighted by Crippen LogP contribution is 1.94. The number of carbonyl (C=O) groups excluding carboxylic acids is 1. The molecular weight excluding hydrogens is 182 g/mol. The lowest BCUT2D eigenvalue weighted by molar-refractivity contribution is -0.130. The van der Waals surface area contributed by atoms with Gasteiger partial charge in [-0.2, -0.15) is 0 Å². The summed E-state index contributed by atoms with van der Waals surface area (Å²) >= 11 is 0. The van der Waals surface area contributed by atoms with Crippen LogP contribution in [0.3, 0.4) is 0 Å². The SMILES string of the molecule is CCCNC(NC)(NCC)C(=O)NN. The van der Waals surface area contributed by atoms with Crippen molar-refractivity contribution in [2.24, 2.45) is 5.84 Å². The summed E-state index contributed by atoms with van der Waals surface area (Å²) in [4.78, 5) is 11.5. The van der Waals surface area contributed by atoms with Gasteiger partial charge in [-0.25, -0.2) is 5.84 Å². The molecule has 0 aliphatic rings. The zero-order chi connectivity index (χ0) is 11.0. The second-order valence-corrected chi connectivity index (χ2v) is 2.93. The summed E-state index contributed by atoms with van der Waals surface area (Å²) in [6.07, 6.45) is 0.937. The minimum absolute atomic E-state index is 0.324. The fraction of sp³-hybridized carbons (Fsp3) is 0.875. The first-order valence-electron chi connectivity index (χ1n) is 4.86. The van der Waals surface area contributed by atoms with Crippen molar-refractivity contribution in [3.8, 4) is 0 Å². The van der Waals surface area contributed by atoms with E-state index in [0.29, 0.717) is 6.54 Å². The molecule has 0 aliphatic heterocycles. The number of rotatable bonds is 7. The maximum Gasteiger partial charge on any atom is 0.284 e. The summed E-state index contributed by atoms with van der Waals surface area (Å²) < 4.78 is 0. The Hall–Kier alpha value is -0.690. The Kier molecular flexibility index (Phi) is 6.39. The Balaban J connectivity index is 4.50. The maximum absolute atomic E-state index is 11.5. The molecule has 0 spiro atoms. The standard InChI is InChI=1S/C8H21N5O/c1-4-6-12-8(10-3,11-5-2)7(14)13-9/h10-12H,4-6,9H2,1-3H3,(H,13,14). The predicted molar refractivity (Wildman–Crippen MR) is 56.1 cm³/mol. The maximum atomic E-state index is 11.5. The molecule has 0 aliphatic carbocycles. The highest BCUT2D eigenvalue weighted by Gasteiger charge is 2.34. The summed E-state index contributed by atoms with van der Waals surface area (Å²) in [5.74, 6) is 3.82. The number of likely N-dealkylation sites (N-methyl/N-ethyl adjacent to an activating group) is 2. The van der Waals surface area contributed by atoms with Gasteiger partial charge in [-0.3, -0.25) is 26.2 Å². The summed E-state index contributed by atoms with van der Waals surface area (Å²) in [7, 11) is 1.70. The highest BCUT2D eigenvalue weighted by molar-refractivity contribution is 5.84. The van der Waals surface area contributed by atoms with E-state index in [2.05, 4.69) is 21.4 Å². The van der Waals surface area contributed by atoms with E-state index in [9.17, 15) is 4.79 Å². The van der Waals surface area contributed by atoms with Gasteiger partial charge in [0.1, 0.15) is 0 Å². The Morgan fingerprint density at radius 2 is 2.00 bits per heavy atom. The molecule has 0 saturated carbocycles. The van der Waals surface area contributed by atoms with Crippen LogP contribution in [-0.4, -0.2) is 31.8 Å². The molecule has 1 atom stereocenters. The molecule has 0 bridgehead atoms. The van der Waals surface area contributed by atoms with Gasteiger partial charge in [-0.05, 0) is 26.6 Å². The third-order valence-electron chi connectivity index (χ3n) is 1.93. The van der Waals surface area contributed by atoms with Crippen LogP contribution in [0.25, 0.3) is 0 Å². The van der Waals surface area contributed by atoms with E-state index in [1.807, 2.05) is 13.8 Å². The smallest absolute Gasteiger partial charge is 0.284 e. The van der Waals surface area contributed by atoms with Crippen molar-refractivity contribution in [3.05, 3.63) is 0 Å². The van der Waals surface area contributed by atoms with Gasteiger partial charge in [0.25, 0.3) is 5.91 Å². The first kappa shape index (κ1) is 13.3. The third kappa shape index (κ3) is 3.22. The van der Waals surface area contributed by atoms with Crippen LogP contribution in [0.5, 0.6) is 0 Å². The Bertz CT molecular complexity index is 175. The molecule has 0 aromatic rings. The average molecular weight is 203 g/mol. The van der Waals surface area contributed by atoms with Gasteiger partial charge in [-0.15, -0.1) is 0 Å². The summed E-state index contributed by atoms with van der Waals surface area (Å²) in [6, 6.07) is 0. The minimum Gasteiger partial charge on any atom is -0.290 e. The van der Waals surface area contributed by atoms with Gasteiger partial charge in [0.2, 0.25) is 5.79 Å². The summed E-state index contributed by atoms with van der Waals surface area (Å²) in [5, 5.41) is 8.97. The van der Waals surface area contributed by atoms with Crippen LogP contribution in [0.4, 0.5) is 0 Å². The van der Waals surface area contributed by atoms with Gasteiger partial charge < -0.3 is 0 Å². The number of hydrazine groups is 1. The first-order valence-corrected chi connectivity index (χ1v) is 4.86. The van der Waals surface area contributed by atoms with E-state index in [-0.39, 0.29) is 5.91 Å². The molecule has 0 heterocycles. The molecule has 6 heteroatoms. The summed E-state index contributed by atoms with van der Waals surface area (Å²) in [5.41, 5.74) is 2.12. The van der Waals surface area contributed by atoms with Gasteiger partial charge >= 0.3 is 0 Å². The first-order chi connectivity index (χ1) is 6.66. The molecule has 0 radical (unpaired) electrons. The zero-order valence-corrected chi connectivity index (χ0v) is 9.11. The molecule has 14 heavy (non-hydrogen) atoms. The van der Waals surface area contributed by atoms with Crippen LogP contribution < -0.4 is 27.2 Å². The van der Waals surface area contributed by atoms with Crippen molar-refractivity contribution in [3.63, 3.8) is 0 Å². The van der Waals surface area contributed by atoms with Crippen LogP contribution in [0.15, 0.2) is 0 Å². The number of nitrogens with two attached hydrogens (primary N) is 1. The van der Waals surface area contributed by atoms with Gasteiger partial charge in [-0.1, -0.05) is 13.8 Å². The second-order valence-electron chi connectivity index (χ2n) is 2.93. The van der Waals surface area contributed by atoms with E-state index in [1.54, 1.807) is 7.05 Å². The molecular formula is C8H21N5O. The highest BCUT2D eigenvalue weighted by atomic mass is 16.2. The van der Waals surface area contributed by atoms with Crippen LogP contribution >= 0.6 is 0 Å². The van der Waals surface area contributed by atoms with Crippen molar-refractivity contribution in [1.82, 2.24) is 21.4 Å². The third-order valence-corrected chi connectivity index (χ3v) is 1.93. The Morgan fingerprint density at radius 3 is 2.36 bits per heavy atom. The quantitative estimate of drug-likeness (QED) is 0.150. The molecule has 0 aromatic carbocycles. The lowest BCUT2D eigenvalue weighted by atomic mass is 10.3. The van der Waals surface area contributed by atoms with Gasteiger partial charge in [0.15, 0.2) is 0 Å². The molecule has 84 valence electrons. The van der Waals surface area contributed by atoms with Crippen molar-refractivity contribution in [2.45, 2.75) is 26.1 Å². The van der Waals surface area contributed by atoms with E-state index in [1.165, 1.54) is 0 Å². The molecule has 6 N–H and O–H groups in total. The second kappa shape index (κ2) is 6.72. The fourth-order valence-electron chi connectivity index (χ4n) is 1.20. The number of amides is 1. The molecule has 0 fully saturated rings. The fourth-order valence-corrected chi connectivity index (χ4v) is 1.20.